The number of amides is 1. The molecular weight excluding hydrogens is 424 g/mol. The van der Waals surface area contributed by atoms with Gasteiger partial charge in [0.2, 0.25) is 0 Å². The summed E-state index contributed by atoms with van der Waals surface area (Å²) in [5.41, 5.74) is 3.58. The Hall–Kier alpha value is -4.07. The van der Waals surface area contributed by atoms with E-state index in [1.54, 1.807) is 31.2 Å². The van der Waals surface area contributed by atoms with E-state index in [9.17, 15) is 9.59 Å². The van der Waals surface area contributed by atoms with Gasteiger partial charge in [-0.1, -0.05) is 24.3 Å². The SMILES string of the molecule is CCOC(=O)COc1ccc(/C=N\NC(=O)c2cc3ccccc3cc2OC)cc1OCC. The van der Waals surface area contributed by atoms with Crippen molar-refractivity contribution in [3.63, 3.8) is 0 Å². The Morgan fingerprint density at radius 1 is 0.909 bits per heavy atom. The first-order valence-electron chi connectivity index (χ1n) is 10.5. The first kappa shape index (κ1) is 23.6. The van der Waals surface area contributed by atoms with Crippen molar-refractivity contribution < 1.29 is 28.5 Å². The van der Waals surface area contributed by atoms with Gasteiger partial charge in [0.1, 0.15) is 5.75 Å². The summed E-state index contributed by atoms with van der Waals surface area (Å²) in [6.07, 6.45) is 1.49. The zero-order valence-electron chi connectivity index (χ0n) is 18.8. The van der Waals surface area contributed by atoms with E-state index in [2.05, 4.69) is 10.5 Å². The van der Waals surface area contributed by atoms with E-state index in [1.807, 2.05) is 37.3 Å². The number of rotatable bonds is 10. The minimum absolute atomic E-state index is 0.217. The lowest BCUT2D eigenvalue weighted by molar-refractivity contribution is -0.145. The predicted molar refractivity (Wildman–Crippen MR) is 125 cm³/mol. The van der Waals surface area contributed by atoms with E-state index in [-0.39, 0.29) is 13.2 Å². The lowest BCUT2D eigenvalue weighted by Gasteiger charge is -2.12. The van der Waals surface area contributed by atoms with Crippen LogP contribution in [0.15, 0.2) is 59.7 Å². The summed E-state index contributed by atoms with van der Waals surface area (Å²) in [6.45, 7) is 4.05. The molecule has 3 aromatic rings. The Bertz CT molecular complexity index is 1160. The van der Waals surface area contributed by atoms with Crippen LogP contribution < -0.4 is 19.6 Å². The second kappa shape index (κ2) is 11.5. The normalized spacial score (nSPS) is 10.8. The van der Waals surface area contributed by atoms with E-state index in [1.165, 1.54) is 13.3 Å². The molecule has 8 heteroatoms. The standard InChI is InChI=1S/C25H26N2O6/c1-4-31-23-12-17(10-11-21(23)33-16-24(28)32-5-2)15-26-27-25(29)20-13-18-8-6-7-9-19(18)14-22(20)30-3/h6-15H,4-5,16H2,1-3H3,(H,27,29)/b26-15-. The predicted octanol–water partition coefficient (Wildman–Crippen LogP) is 3.95. The summed E-state index contributed by atoms with van der Waals surface area (Å²) in [6, 6.07) is 16.4. The molecule has 172 valence electrons. The second-order valence-electron chi connectivity index (χ2n) is 6.83. The summed E-state index contributed by atoms with van der Waals surface area (Å²) in [7, 11) is 1.52. The molecule has 33 heavy (non-hydrogen) atoms. The van der Waals surface area contributed by atoms with E-state index in [4.69, 9.17) is 18.9 Å². The summed E-state index contributed by atoms with van der Waals surface area (Å²) >= 11 is 0. The molecule has 0 radical (unpaired) electrons. The Morgan fingerprint density at radius 3 is 2.36 bits per heavy atom. The highest BCUT2D eigenvalue weighted by Gasteiger charge is 2.13. The van der Waals surface area contributed by atoms with Gasteiger partial charge in [-0.2, -0.15) is 5.10 Å². The van der Waals surface area contributed by atoms with Crippen molar-refractivity contribution in [2.75, 3.05) is 26.9 Å². The maximum Gasteiger partial charge on any atom is 0.344 e. The number of nitrogens with zero attached hydrogens (tertiary/aromatic N) is 1. The smallest absolute Gasteiger partial charge is 0.344 e. The number of hydrogen-bond acceptors (Lipinski definition) is 7. The van der Waals surface area contributed by atoms with Gasteiger partial charge in [-0.05, 0) is 60.5 Å². The first-order valence-corrected chi connectivity index (χ1v) is 10.5. The van der Waals surface area contributed by atoms with Gasteiger partial charge in [-0.25, -0.2) is 10.2 Å². The third-order valence-electron chi connectivity index (χ3n) is 4.61. The van der Waals surface area contributed by atoms with Gasteiger partial charge in [-0.15, -0.1) is 0 Å². The lowest BCUT2D eigenvalue weighted by Crippen LogP contribution is -2.18. The molecule has 3 aromatic carbocycles. The number of esters is 1. The number of carbonyl (C=O) groups is 2. The molecule has 0 aliphatic rings. The minimum atomic E-state index is -0.461. The number of nitrogens with one attached hydrogen (secondary N) is 1. The van der Waals surface area contributed by atoms with Crippen LogP contribution in [-0.4, -0.2) is 45.0 Å². The average Bonchev–Trinajstić information content (AvgIpc) is 2.83. The highest BCUT2D eigenvalue weighted by Crippen LogP contribution is 2.28. The fraction of sp³-hybridized carbons (Fsp3) is 0.240. The highest BCUT2D eigenvalue weighted by molar-refractivity contribution is 6.02. The number of hydrogen-bond donors (Lipinski definition) is 1. The van der Waals surface area contributed by atoms with Crippen molar-refractivity contribution in [3.05, 3.63) is 65.7 Å². The number of carbonyl (C=O) groups excluding carboxylic acids is 2. The van der Waals surface area contributed by atoms with Crippen molar-refractivity contribution in [1.29, 1.82) is 0 Å². The van der Waals surface area contributed by atoms with Crippen molar-refractivity contribution in [2.24, 2.45) is 5.10 Å². The number of benzene rings is 3. The quantitative estimate of drug-likeness (QED) is 0.285. The molecule has 0 bridgehead atoms. The summed E-state index contributed by atoms with van der Waals surface area (Å²) < 4.78 is 21.3. The van der Waals surface area contributed by atoms with Gasteiger partial charge in [0.05, 0.1) is 32.1 Å². The van der Waals surface area contributed by atoms with Crippen LogP contribution in [0.25, 0.3) is 10.8 Å². The monoisotopic (exact) mass is 450 g/mol. The van der Waals surface area contributed by atoms with E-state index >= 15 is 0 Å². The van der Waals surface area contributed by atoms with Crippen LogP contribution in [0.2, 0.25) is 0 Å². The summed E-state index contributed by atoms with van der Waals surface area (Å²) in [4.78, 5) is 24.2. The molecule has 0 aromatic heterocycles. The van der Waals surface area contributed by atoms with Gasteiger partial charge in [0.15, 0.2) is 18.1 Å². The van der Waals surface area contributed by atoms with Crippen LogP contribution >= 0.6 is 0 Å². The molecule has 8 nitrogen and oxygen atoms in total. The van der Waals surface area contributed by atoms with Gasteiger partial charge in [0, 0.05) is 0 Å². The molecule has 0 unspecified atom stereocenters. The van der Waals surface area contributed by atoms with Crippen LogP contribution in [0.4, 0.5) is 0 Å². The number of methoxy groups -OCH3 is 1. The average molecular weight is 450 g/mol. The fourth-order valence-electron chi connectivity index (χ4n) is 3.12. The van der Waals surface area contributed by atoms with Crippen molar-refractivity contribution in [2.45, 2.75) is 13.8 Å². The van der Waals surface area contributed by atoms with E-state index in [0.29, 0.717) is 35.0 Å². The minimum Gasteiger partial charge on any atom is -0.496 e. The molecule has 0 aliphatic carbocycles. The second-order valence-corrected chi connectivity index (χ2v) is 6.83. The van der Waals surface area contributed by atoms with Crippen molar-refractivity contribution in [1.82, 2.24) is 5.43 Å². The molecular formula is C25H26N2O6. The van der Waals surface area contributed by atoms with Gasteiger partial charge >= 0.3 is 5.97 Å². The zero-order valence-corrected chi connectivity index (χ0v) is 18.8. The Balaban J connectivity index is 1.71. The number of fused-ring (bicyclic) bond motifs is 1. The molecule has 0 aliphatic heterocycles. The van der Waals surface area contributed by atoms with Crippen molar-refractivity contribution in [3.8, 4) is 17.2 Å². The Morgan fingerprint density at radius 2 is 1.67 bits per heavy atom. The van der Waals surface area contributed by atoms with Crippen LogP contribution in [0, 0.1) is 0 Å². The van der Waals surface area contributed by atoms with E-state index in [0.717, 1.165) is 10.8 Å². The molecule has 0 saturated carbocycles. The van der Waals surface area contributed by atoms with Gasteiger partial charge < -0.3 is 18.9 Å². The summed E-state index contributed by atoms with van der Waals surface area (Å²) in [5.74, 6) is 0.467. The molecule has 0 heterocycles. The molecule has 1 N–H and O–H groups in total. The number of ether oxygens (including phenoxy) is 4. The topological polar surface area (TPSA) is 95.5 Å². The lowest BCUT2D eigenvalue weighted by atomic mass is 10.1. The van der Waals surface area contributed by atoms with Gasteiger partial charge in [-0.3, -0.25) is 4.79 Å². The fourth-order valence-corrected chi connectivity index (χ4v) is 3.12. The molecule has 1 amide bonds. The van der Waals surface area contributed by atoms with E-state index < -0.39 is 11.9 Å². The molecule has 3 rings (SSSR count). The first-order chi connectivity index (χ1) is 16.0. The third-order valence-corrected chi connectivity index (χ3v) is 4.61. The van der Waals surface area contributed by atoms with Crippen LogP contribution in [0.3, 0.4) is 0 Å². The highest BCUT2D eigenvalue weighted by atomic mass is 16.6. The molecule has 0 fully saturated rings. The maximum atomic E-state index is 12.7. The molecule has 0 atom stereocenters. The molecule has 0 spiro atoms. The van der Waals surface area contributed by atoms with Gasteiger partial charge in [0.25, 0.3) is 5.91 Å². The third kappa shape index (κ3) is 6.22. The summed E-state index contributed by atoms with van der Waals surface area (Å²) in [5, 5.41) is 5.95. The maximum absolute atomic E-state index is 12.7. The molecule has 0 saturated heterocycles. The van der Waals surface area contributed by atoms with Crippen LogP contribution in [0.1, 0.15) is 29.8 Å². The van der Waals surface area contributed by atoms with Crippen LogP contribution in [-0.2, 0) is 9.53 Å². The zero-order chi connectivity index (χ0) is 23.6. The number of hydrazone groups is 1. The Labute approximate surface area is 192 Å². The largest absolute Gasteiger partial charge is 0.496 e. The Kier molecular flexibility index (Phi) is 8.24. The van der Waals surface area contributed by atoms with Crippen LogP contribution in [0.5, 0.6) is 17.2 Å². The van der Waals surface area contributed by atoms with Crippen molar-refractivity contribution >= 4 is 28.9 Å².